The minimum absolute atomic E-state index is 0.336. The molecule has 1 heterocycles. The van der Waals surface area contributed by atoms with Gasteiger partial charge in [-0.1, -0.05) is 13.3 Å². The first-order chi connectivity index (χ1) is 9.64. The molecule has 0 spiro atoms. The quantitative estimate of drug-likeness (QED) is 0.566. The predicted octanol–water partition coefficient (Wildman–Crippen LogP) is 0.0557. The molecular weight excluding hydrogens is 300 g/mol. The summed E-state index contributed by atoms with van der Waals surface area (Å²) in [5.74, 6) is -2.24. The monoisotopic (exact) mass is 322 g/mol. The number of hydrogen-bond donors (Lipinski definition) is 3. The highest BCUT2D eigenvalue weighted by molar-refractivity contribution is 7.85. The van der Waals surface area contributed by atoms with Gasteiger partial charge in [0.1, 0.15) is 11.4 Å². The van der Waals surface area contributed by atoms with E-state index in [1.54, 1.807) is 0 Å². The third-order valence-corrected chi connectivity index (χ3v) is 4.29. The normalized spacial score (nSPS) is 24.0. The van der Waals surface area contributed by atoms with Gasteiger partial charge in [0.15, 0.2) is 0 Å². The molecule has 3 N–H and O–H groups in total. The summed E-state index contributed by atoms with van der Waals surface area (Å²) in [5, 5.41) is 11.9. The van der Waals surface area contributed by atoms with Crippen LogP contribution < -0.4 is 5.32 Å². The minimum Gasteiger partial charge on any atom is -0.479 e. The number of amides is 1. The average molecular weight is 322 g/mol. The Hall–Kier alpha value is -1.19. The van der Waals surface area contributed by atoms with E-state index < -0.39 is 39.5 Å². The number of carbonyl (C=O) groups is 2. The van der Waals surface area contributed by atoms with Crippen LogP contribution in [0.1, 0.15) is 39.5 Å². The van der Waals surface area contributed by atoms with Gasteiger partial charge in [-0.05, 0) is 26.2 Å². The molecule has 0 aromatic heterocycles. The maximum Gasteiger partial charge on any atom is 0.329 e. The van der Waals surface area contributed by atoms with E-state index in [0.717, 1.165) is 0 Å². The second kappa shape index (κ2) is 6.71. The molecule has 0 radical (unpaired) electrons. The molecule has 1 amide bonds. The average Bonchev–Trinajstić information content (AvgIpc) is 2.79. The zero-order valence-electron chi connectivity index (χ0n) is 12.2. The molecule has 0 aromatic rings. The van der Waals surface area contributed by atoms with Gasteiger partial charge in [-0.3, -0.25) is 14.7 Å². The topological polar surface area (TPSA) is 124 Å². The first-order valence-corrected chi connectivity index (χ1v) is 8.48. The van der Waals surface area contributed by atoms with E-state index in [4.69, 9.17) is 4.55 Å². The molecule has 1 aliphatic rings. The van der Waals surface area contributed by atoms with Crippen LogP contribution in [0.3, 0.4) is 0 Å². The van der Waals surface area contributed by atoms with Crippen molar-refractivity contribution in [2.45, 2.75) is 51.1 Å². The van der Waals surface area contributed by atoms with Gasteiger partial charge in [-0.25, -0.2) is 4.79 Å². The number of carbonyl (C=O) groups excluding carboxylic acids is 1. The van der Waals surface area contributed by atoms with Crippen LogP contribution >= 0.6 is 0 Å². The molecule has 1 rings (SSSR count). The minimum atomic E-state index is -4.23. The van der Waals surface area contributed by atoms with Crippen LogP contribution in [-0.4, -0.2) is 58.9 Å². The third kappa shape index (κ3) is 4.14. The lowest BCUT2D eigenvalue weighted by atomic mass is 9.90. The van der Waals surface area contributed by atoms with Crippen molar-refractivity contribution in [2.24, 2.45) is 0 Å². The molecule has 0 unspecified atom stereocenters. The maximum atomic E-state index is 12.4. The summed E-state index contributed by atoms with van der Waals surface area (Å²) < 4.78 is 30.1. The van der Waals surface area contributed by atoms with Crippen molar-refractivity contribution in [1.29, 1.82) is 0 Å². The zero-order valence-corrected chi connectivity index (χ0v) is 13.0. The van der Waals surface area contributed by atoms with Gasteiger partial charge in [0.05, 0.1) is 6.04 Å². The van der Waals surface area contributed by atoms with Crippen molar-refractivity contribution in [3.05, 3.63) is 0 Å². The Balaban J connectivity index is 2.86. The van der Waals surface area contributed by atoms with Gasteiger partial charge >= 0.3 is 5.97 Å². The fraction of sp³-hybridized carbons (Fsp3) is 0.833. The summed E-state index contributed by atoms with van der Waals surface area (Å²) in [5.41, 5.74) is -1.21. The number of aliphatic carboxylic acids is 1. The molecule has 0 saturated carbocycles. The molecular formula is C12H22N2O6S. The van der Waals surface area contributed by atoms with E-state index in [2.05, 4.69) is 5.32 Å². The molecule has 8 nitrogen and oxygen atoms in total. The van der Waals surface area contributed by atoms with Crippen molar-refractivity contribution < 1.29 is 27.7 Å². The number of nitrogens with zero attached hydrogens (tertiary/aromatic N) is 1. The molecule has 9 heteroatoms. The van der Waals surface area contributed by atoms with Gasteiger partial charge in [-0.15, -0.1) is 0 Å². The summed E-state index contributed by atoms with van der Waals surface area (Å²) in [6.45, 7) is 3.64. The van der Waals surface area contributed by atoms with Crippen LogP contribution in [0.2, 0.25) is 0 Å². The van der Waals surface area contributed by atoms with Gasteiger partial charge < -0.3 is 10.0 Å². The largest absolute Gasteiger partial charge is 0.479 e. The van der Waals surface area contributed by atoms with Crippen molar-refractivity contribution in [1.82, 2.24) is 10.2 Å². The molecule has 2 atom stereocenters. The summed E-state index contributed by atoms with van der Waals surface area (Å²) in [4.78, 5) is 25.3. The first-order valence-electron chi connectivity index (χ1n) is 6.87. The van der Waals surface area contributed by atoms with Gasteiger partial charge in [0, 0.05) is 6.54 Å². The lowest BCUT2D eigenvalue weighted by molar-refractivity contribution is -0.157. The van der Waals surface area contributed by atoms with E-state index in [1.165, 1.54) is 11.8 Å². The van der Waals surface area contributed by atoms with Crippen molar-refractivity contribution in [3.8, 4) is 0 Å². The summed E-state index contributed by atoms with van der Waals surface area (Å²) in [7, 11) is -4.23. The fourth-order valence-electron chi connectivity index (χ4n) is 2.75. The summed E-state index contributed by atoms with van der Waals surface area (Å²) in [6.07, 6.45) is 1.98. The lowest BCUT2D eigenvalue weighted by Gasteiger charge is -2.36. The number of carboxylic acid groups (broad SMARTS) is 1. The van der Waals surface area contributed by atoms with Crippen LogP contribution in [0.5, 0.6) is 0 Å². The Morgan fingerprint density at radius 2 is 2.05 bits per heavy atom. The first kappa shape index (κ1) is 17.9. The van der Waals surface area contributed by atoms with Crippen molar-refractivity contribution >= 4 is 22.0 Å². The SMILES string of the molecule is CCC[C@@]1(C(=O)O)CCCN1C(=O)[C@H](C)NCS(=O)(=O)O. The highest BCUT2D eigenvalue weighted by atomic mass is 32.2. The molecule has 0 aromatic carbocycles. The highest BCUT2D eigenvalue weighted by Gasteiger charge is 2.49. The van der Waals surface area contributed by atoms with E-state index in [0.29, 0.717) is 32.2 Å². The second-order valence-electron chi connectivity index (χ2n) is 5.33. The second-order valence-corrected chi connectivity index (χ2v) is 6.78. The third-order valence-electron chi connectivity index (χ3n) is 3.76. The van der Waals surface area contributed by atoms with Gasteiger partial charge in [0.2, 0.25) is 5.91 Å². The molecule has 1 fully saturated rings. The highest BCUT2D eigenvalue weighted by Crippen LogP contribution is 2.34. The number of likely N-dealkylation sites (tertiary alicyclic amines) is 1. The number of carboxylic acids is 1. The van der Waals surface area contributed by atoms with Crippen LogP contribution in [-0.2, 0) is 19.7 Å². The smallest absolute Gasteiger partial charge is 0.329 e. The van der Waals surface area contributed by atoms with E-state index in [-0.39, 0.29) is 0 Å². The molecule has 21 heavy (non-hydrogen) atoms. The van der Waals surface area contributed by atoms with Crippen LogP contribution in [0, 0.1) is 0 Å². The summed E-state index contributed by atoms with van der Waals surface area (Å²) in [6, 6.07) is -0.888. The molecule has 122 valence electrons. The lowest BCUT2D eigenvalue weighted by Crippen LogP contribution is -2.57. The van der Waals surface area contributed by atoms with Crippen LogP contribution in [0.4, 0.5) is 0 Å². The number of rotatable bonds is 7. The maximum absolute atomic E-state index is 12.4. The van der Waals surface area contributed by atoms with Crippen molar-refractivity contribution in [3.63, 3.8) is 0 Å². The molecule has 1 saturated heterocycles. The number of hydrogen-bond acceptors (Lipinski definition) is 5. The Morgan fingerprint density at radius 1 is 1.43 bits per heavy atom. The predicted molar refractivity (Wildman–Crippen MR) is 75.2 cm³/mol. The van der Waals surface area contributed by atoms with Crippen LogP contribution in [0.25, 0.3) is 0 Å². The Kier molecular flexibility index (Phi) is 5.71. The zero-order chi connectivity index (χ0) is 16.3. The van der Waals surface area contributed by atoms with E-state index in [9.17, 15) is 23.1 Å². The van der Waals surface area contributed by atoms with E-state index in [1.807, 2.05) is 6.92 Å². The fourth-order valence-corrected chi connectivity index (χ4v) is 3.21. The van der Waals surface area contributed by atoms with Crippen molar-refractivity contribution in [2.75, 3.05) is 12.4 Å². The Morgan fingerprint density at radius 3 is 2.52 bits per heavy atom. The van der Waals surface area contributed by atoms with Gasteiger partial charge in [0.25, 0.3) is 10.1 Å². The van der Waals surface area contributed by atoms with E-state index >= 15 is 0 Å². The Bertz CT molecular complexity index is 506. The summed E-state index contributed by atoms with van der Waals surface area (Å²) >= 11 is 0. The number of nitrogens with one attached hydrogen (secondary N) is 1. The molecule has 1 aliphatic heterocycles. The Labute approximate surface area is 124 Å². The molecule has 0 bridgehead atoms. The van der Waals surface area contributed by atoms with Gasteiger partial charge in [-0.2, -0.15) is 8.42 Å². The molecule has 0 aliphatic carbocycles. The standard InChI is InChI=1S/C12H22N2O6S/c1-3-5-12(11(16)17)6-4-7-14(12)10(15)9(2)13-8-21(18,19)20/h9,13H,3-8H2,1-2H3,(H,16,17)(H,18,19,20)/t9-,12-/m0/s1. The van der Waals surface area contributed by atoms with Crippen LogP contribution in [0.15, 0.2) is 0 Å².